The van der Waals surface area contributed by atoms with Crippen molar-refractivity contribution in [3.8, 4) is 0 Å². The molecule has 6 heteroatoms. The van der Waals surface area contributed by atoms with Crippen LogP contribution >= 0.6 is 0 Å². The van der Waals surface area contributed by atoms with E-state index in [0.29, 0.717) is 5.91 Å². The van der Waals surface area contributed by atoms with Gasteiger partial charge >= 0.3 is 0 Å². The minimum absolute atomic E-state index is 0.102. The maximum Gasteiger partial charge on any atom is 0.269 e. The van der Waals surface area contributed by atoms with Gasteiger partial charge in [-0.25, -0.2) is 0 Å². The summed E-state index contributed by atoms with van der Waals surface area (Å²) < 4.78 is 0. The fourth-order valence-corrected chi connectivity index (χ4v) is 3.93. The van der Waals surface area contributed by atoms with Crippen LogP contribution in [0.4, 0.5) is 5.69 Å². The molecule has 1 unspecified atom stereocenters. The predicted octanol–water partition coefficient (Wildman–Crippen LogP) is 3.21. The molecule has 0 aromatic heterocycles. The normalized spacial score (nSPS) is 22.4. The summed E-state index contributed by atoms with van der Waals surface area (Å²) in [4.78, 5) is 27.6. The number of nitrogens with zero attached hydrogens (tertiary/aromatic N) is 3. The van der Waals surface area contributed by atoms with E-state index < -0.39 is 0 Å². The molecule has 0 spiro atoms. The van der Waals surface area contributed by atoms with Crippen molar-refractivity contribution in [1.82, 2.24) is 9.80 Å². The van der Waals surface area contributed by atoms with E-state index in [4.69, 9.17) is 0 Å². The molecule has 2 fully saturated rings. The largest absolute Gasteiger partial charge is 0.342 e. The van der Waals surface area contributed by atoms with Crippen LogP contribution in [-0.2, 0) is 11.3 Å². The van der Waals surface area contributed by atoms with Gasteiger partial charge in [-0.1, -0.05) is 25.0 Å². The number of non-ortho nitro benzene ring substituents is 1. The van der Waals surface area contributed by atoms with Gasteiger partial charge in [-0.3, -0.25) is 19.8 Å². The van der Waals surface area contributed by atoms with Crippen LogP contribution in [0.1, 0.15) is 44.1 Å². The summed E-state index contributed by atoms with van der Waals surface area (Å²) in [5, 5.41) is 10.7. The minimum Gasteiger partial charge on any atom is -0.342 e. The number of carbonyl (C=O) groups excluding carboxylic acids is 1. The highest BCUT2D eigenvalue weighted by molar-refractivity contribution is 5.79. The Kier molecular flexibility index (Phi) is 6.02. The monoisotopic (exact) mass is 345 g/mol. The first kappa shape index (κ1) is 17.9. The lowest BCUT2D eigenvalue weighted by Crippen LogP contribution is -2.44. The van der Waals surface area contributed by atoms with Crippen LogP contribution in [0.5, 0.6) is 0 Å². The highest BCUT2D eigenvalue weighted by atomic mass is 16.6. The van der Waals surface area contributed by atoms with Crippen molar-refractivity contribution in [2.75, 3.05) is 26.2 Å². The summed E-state index contributed by atoms with van der Waals surface area (Å²) in [5.41, 5.74) is 1.19. The SMILES string of the molecule is O=C(C1CCCN(Cc2ccc([N+](=O)[O-])cc2)C1)N1CCCCCC1. The molecular weight excluding hydrogens is 318 g/mol. The molecule has 2 saturated heterocycles. The number of amides is 1. The molecule has 25 heavy (non-hydrogen) atoms. The Morgan fingerprint density at radius 3 is 2.36 bits per heavy atom. The molecule has 2 aliphatic heterocycles. The quantitative estimate of drug-likeness (QED) is 0.621. The van der Waals surface area contributed by atoms with E-state index in [1.165, 1.54) is 12.8 Å². The highest BCUT2D eigenvalue weighted by Crippen LogP contribution is 2.23. The van der Waals surface area contributed by atoms with Crippen molar-refractivity contribution in [3.63, 3.8) is 0 Å². The fourth-order valence-electron chi connectivity index (χ4n) is 3.93. The zero-order chi connectivity index (χ0) is 17.6. The zero-order valence-corrected chi connectivity index (χ0v) is 14.7. The summed E-state index contributed by atoms with van der Waals surface area (Å²) in [6.45, 7) is 4.37. The van der Waals surface area contributed by atoms with E-state index in [0.717, 1.165) is 64.0 Å². The lowest BCUT2D eigenvalue weighted by Gasteiger charge is -2.34. The maximum atomic E-state index is 12.8. The van der Waals surface area contributed by atoms with Crippen LogP contribution in [-0.4, -0.2) is 46.8 Å². The molecule has 1 aromatic carbocycles. The second-order valence-corrected chi connectivity index (χ2v) is 7.24. The third-order valence-corrected chi connectivity index (χ3v) is 5.33. The van der Waals surface area contributed by atoms with E-state index in [2.05, 4.69) is 9.80 Å². The molecule has 0 aliphatic carbocycles. The first-order valence-corrected chi connectivity index (χ1v) is 9.38. The molecule has 0 radical (unpaired) electrons. The number of nitro groups is 1. The molecule has 0 bridgehead atoms. The topological polar surface area (TPSA) is 66.7 Å². The summed E-state index contributed by atoms with van der Waals surface area (Å²) in [6.07, 6.45) is 6.75. The van der Waals surface area contributed by atoms with Gasteiger partial charge in [-0.2, -0.15) is 0 Å². The van der Waals surface area contributed by atoms with Crippen molar-refractivity contribution < 1.29 is 9.72 Å². The average Bonchev–Trinajstić information content (AvgIpc) is 2.91. The average molecular weight is 345 g/mol. The molecule has 1 aromatic rings. The Labute approximate surface area is 148 Å². The van der Waals surface area contributed by atoms with E-state index in [1.54, 1.807) is 12.1 Å². The van der Waals surface area contributed by atoms with Gasteiger partial charge in [0.15, 0.2) is 0 Å². The van der Waals surface area contributed by atoms with E-state index in [-0.39, 0.29) is 16.5 Å². The smallest absolute Gasteiger partial charge is 0.269 e. The van der Waals surface area contributed by atoms with Gasteiger partial charge in [0.25, 0.3) is 5.69 Å². The number of carbonyl (C=O) groups is 1. The van der Waals surface area contributed by atoms with Crippen molar-refractivity contribution in [2.45, 2.75) is 45.1 Å². The minimum atomic E-state index is -0.374. The molecule has 0 saturated carbocycles. The van der Waals surface area contributed by atoms with Gasteiger partial charge in [0.2, 0.25) is 5.91 Å². The summed E-state index contributed by atoms with van der Waals surface area (Å²) in [5.74, 6) is 0.431. The van der Waals surface area contributed by atoms with Gasteiger partial charge in [0.05, 0.1) is 10.8 Å². The van der Waals surface area contributed by atoms with Crippen LogP contribution in [0.15, 0.2) is 24.3 Å². The Morgan fingerprint density at radius 1 is 1.04 bits per heavy atom. The molecule has 0 N–H and O–H groups in total. The van der Waals surface area contributed by atoms with Gasteiger partial charge in [-0.05, 0) is 37.8 Å². The first-order chi connectivity index (χ1) is 12.1. The number of benzene rings is 1. The molecule has 1 atom stereocenters. The van der Waals surface area contributed by atoms with Crippen LogP contribution in [0.3, 0.4) is 0 Å². The second kappa shape index (κ2) is 8.43. The Morgan fingerprint density at radius 2 is 1.72 bits per heavy atom. The number of hydrogen-bond donors (Lipinski definition) is 0. The van der Waals surface area contributed by atoms with E-state index in [9.17, 15) is 14.9 Å². The van der Waals surface area contributed by atoms with E-state index in [1.807, 2.05) is 12.1 Å². The lowest BCUT2D eigenvalue weighted by atomic mass is 9.96. The van der Waals surface area contributed by atoms with Gasteiger partial charge in [-0.15, -0.1) is 0 Å². The summed E-state index contributed by atoms with van der Waals surface area (Å²) in [7, 11) is 0. The Hall–Kier alpha value is -1.95. The second-order valence-electron chi connectivity index (χ2n) is 7.24. The van der Waals surface area contributed by atoms with Gasteiger partial charge < -0.3 is 4.90 Å². The van der Waals surface area contributed by atoms with Crippen molar-refractivity contribution in [3.05, 3.63) is 39.9 Å². The Balaban J connectivity index is 1.56. The molecule has 2 aliphatic rings. The van der Waals surface area contributed by atoms with Crippen molar-refractivity contribution in [1.29, 1.82) is 0 Å². The maximum absolute atomic E-state index is 12.8. The van der Waals surface area contributed by atoms with E-state index >= 15 is 0 Å². The summed E-state index contributed by atoms with van der Waals surface area (Å²) >= 11 is 0. The molecule has 136 valence electrons. The third-order valence-electron chi connectivity index (χ3n) is 5.33. The molecule has 2 heterocycles. The van der Waals surface area contributed by atoms with Gasteiger partial charge in [0.1, 0.15) is 0 Å². The third kappa shape index (κ3) is 4.78. The number of likely N-dealkylation sites (tertiary alicyclic amines) is 2. The van der Waals surface area contributed by atoms with Crippen molar-refractivity contribution >= 4 is 11.6 Å². The number of piperidine rings is 1. The lowest BCUT2D eigenvalue weighted by molar-refractivity contribution is -0.384. The van der Waals surface area contributed by atoms with Crippen LogP contribution in [0.2, 0.25) is 0 Å². The number of nitro benzene ring substituents is 1. The standard InChI is InChI=1S/C19H27N3O3/c23-19(21-12-3-1-2-4-13-21)17-6-5-11-20(15-17)14-16-7-9-18(10-8-16)22(24)25/h7-10,17H,1-6,11-15H2. The predicted molar refractivity (Wildman–Crippen MR) is 96.1 cm³/mol. The molecular formula is C19H27N3O3. The molecule has 6 nitrogen and oxygen atoms in total. The van der Waals surface area contributed by atoms with Crippen molar-refractivity contribution in [2.24, 2.45) is 5.92 Å². The first-order valence-electron chi connectivity index (χ1n) is 9.38. The molecule has 1 amide bonds. The van der Waals surface area contributed by atoms with Crippen LogP contribution in [0.25, 0.3) is 0 Å². The number of rotatable bonds is 4. The molecule has 3 rings (SSSR count). The fraction of sp³-hybridized carbons (Fsp3) is 0.632. The number of hydrogen-bond acceptors (Lipinski definition) is 4. The summed E-state index contributed by atoms with van der Waals surface area (Å²) in [6, 6.07) is 6.75. The zero-order valence-electron chi connectivity index (χ0n) is 14.7. The van der Waals surface area contributed by atoms with Gasteiger partial charge in [0, 0.05) is 38.3 Å². The van der Waals surface area contributed by atoms with Crippen LogP contribution < -0.4 is 0 Å². The van der Waals surface area contributed by atoms with Crippen LogP contribution in [0, 0.1) is 16.0 Å². The highest BCUT2D eigenvalue weighted by Gasteiger charge is 2.29. The Bertz CT molecular complexity index is 594.